The number of phenolic OH excluding ortho intramolecular Hbond substituents is 1. The van der Waals surface area contributed by atoms with E-state index in [0.29, 0.717) is 32.0 Å². The molecule has 0 bridgehead atoms. The van der Waals surface area contributed by atoms with Crippen molar-refractivity contribution in [2.24, 2.45) is 11.8 Å². The van der Waals surface area contributed by atoms with Crippen molar-refractivity contribution < 1.29 is 14.7 Å². The van der Waals surface area contributed by atoms with E-state index in [4.69, 9.17) is 0 Å². The van der Waals surface area contributed by atoms with Gasteiger partial charge in [0.15, 0.2) is 0 Å². The zero-order valence-electron chi connectivity index (χ0n) is 13.9. The number of benzene rings is 1. The Bertz CT molecular complexity index is 559. The average molecular weight is 318 g/mol. The first kappa shape index (κ1) is 17.3. The predicted octanol–water partition coefficient (Wildman–Crippen LogP) is 2.29. The monoisotopic (exact) mass is 318 g/mol. The van der Waals surface area contributed by atoms with Gasteiger partial charge in [0.25, 0.3) is 0 Å². The van der Waals surface area contributed by atoms with Crippen LogP contribution in [0.15, 0.2) is 24.3 Å². The maximum absolute atomic E-state index is 12.4. The number of hydrogen-bond donors (Lipinski definition) is 2. The molecule has 1 saturated carbocycles. The minimum atomic E-state index is -0.000696. The number of nitrogens with zero attached hydrogens (tertiary/aromatic N) is 1. The van der Waals surface area contributed by atoms with Crippen molar-refractivity contribution in [1.82, 2.24) is 10.2 Å². The number of nitrogens with one attached hydrogen (secondary N) is 1. The van der Waals surface area contributed by atoms with Gasteiger partial charge in [0, 0.05) is 37.5 Å². The van der Waals surface area contributed by atoms with Crippen molar-refractivity contribution in [2.75, 3.05) is 13.1 Å². The molecule has 5 nitrogen and oxygen atoms in total. The van der Waals surface area contributed by atoms with Gasteiger partial charge in [0.1, 0.15) is 5.75 Å². The fraction of sp³-hybridized carbons (Fsp3) is 0.556. The van der Waals surface area contributed by atoms with E-state index >= 15 is 0 Å². The molecule has 2 amide bonds. The van der Waals surface area contributed by atoms with E-state index in [-0.39, 0.29) is 23.5 Å². The molecule has 5 heteroatoms. The number of amides is 2. The van der Waals surface area contributed by atoms with E-state index in [0.717, 1.165) is 18.4 Å². The number of carbonyl (C=O) groups excluding carboxylic acids is 2. The fourth-order valence-electron chi connectivity index (χ4n) is 2.68. The summed E-state index contributed by atoms with van der Waals surface area (Å²) >= 11 is 0. The molecule has 1 aromatic carbocycles. The quantitative estimate of drug-likeness (QED) is 0.772. The molecule has 1 aliphatic carbocycles. The molecule has 1 aromatic rings. The third-order valence-electron chi connectivity index (χ3n) is 4.28. The third kappa shape index (κ3) is 4.98. The van der Waals surface area contributed by atoms with Crippen LogP contribution in [0.4, 0.5) is 0 Å². The Balaban J connectivity index is 1.83. The van der Waals surface area contributed by atoms with Crippen LogP contribution in [0, 0.1) is 11.8 Å². The van der Waals surface area contributed by atoms with Crippen molar-refractivity contribution in [3.8, 4) is 5.75 Å². The highest BCUT2D eigenvalue weighted by molar-refractivity contribution is 5.82. The van der Waals surface area contributed by atoms with Crippen molar-refractivity contribution in [3.05, 3.63) is 29.8 Å². The zero-order valence-corrected chi connectivity index (χ0v) is 13.9. The summed E-state index contributed by atoms with van der Waals surface area (Å²) < 4.78 is 0. The largest absolute Gasteiger partial charge is 0.508 e. The lowest BCUT2D eigenvalue weighted by molar-refractivity contribution is -0.132. The smallest absolute Gasteiger partial charge is 0.224 e. The van der Waals surface area contributed by atoms with E-state index in [9.17, 15) is 14.7 Å². The van der Waals surface area contributed by atoms with E-state index in [1.807, 2.05) is 19.1 Å². The molecular formula is C18H26N2O3. The molecule has 0 saturated heterocycles. The van der Waals surface area contributed by atoms with Crippen LogP contribution in [0.1, 0.15) is 38.7 Å². The Hall–Kier alpha value is -2.04. The molecule has 0 heterocycles. The van der Waals surface area contributed by atoms with Gasteiger partial charge >= 0.3 is 0 Å². The fourth-order valence-corrected chi connectivity index (χ4v) is 2.68. The molecule has 2 N–H and O–H groups in total. The van der Waals surface area contributed by atoms with Gasteiger partial charge < -0.3 is 15.3 Å². The number of phenols is 1. The van der Waals surface area contributed by atoms with Gasteiger partial charge in [-0.25, -0.2) is 0 Å². The van der Waals surface area contributed by atoms with Gasteiger partial charge in [-0.3, -0.25) is 9.59 Å². The predicted molar refractivity (Wildman–Crippen MR) is 88.7 cm³/mol. The summed E-state index contributed by atoms with van der Waals surface area (Å²) in [5, 5.41) is 12.7. The van der Waals surface area contributed by atoms with Crippen LogP contribution >= 0.6 is 0 Å². The van der Waals surface area contributed by atoms with Gasteiger partial charge in [-0.05, 0) is 24.8 Å². The molecule has 126 valence electrons. The summed E-state index contributed by atoms with van der Waals surface area (Å²) in [6.45, 7) is 5.49. The lowest BCUT2D eigenvalue weighted by Crippen LogP contribution is -2.35. The average Bonchev–Trinajstić information content (AvgIpc) is 3.25. The van der Waals surface area contributed by atoms with E-state index < -0.39 is 0 Å². The second-order valence-corrected chi connectivity index (χ2v) is 6.30. The minimum absolute atomic E-state index is 0.000696. The van der Waals surface area contributed by atoms with Gasteiger partial charge in [-0.2, -0.15) is 0 Å². The van der Waals surface area contributed by atoms with Crippen LogP contribution < -0.4 is 5.32 Å². The van der Waals surface area contributed by atoms with Gasteiger partial charge in [-0.1, -0.05) is 32.0 Å². The highest BCUT2D eigenvalue weighted by atomic mass is 16.3. The third-order valence-corrected chi connectivity index (χ3v) is 4.28. The van der Waals surface area contributed by atoms with Crippen molar-refractivity contribution in [2.45, 2.75) is 39.7 Å². The number of rotatable bonds is 8. The molecule has 2 unspecified atom stereocenters. The summed E-state index contributed by atoms with van der Waals surface area (Å²) in [6, 6.07) is 7.06. The molecule has 1 fully saturated rings. The number of hydrogen-bond acceptors (Lipinski definition) is 3. The Morgan fingerprint density at radius 3 is 2.65 bits per heavy atom. The number of para-hydroxylation sites is 1. The van der Waals surface area contributed by atoms with E-state index in [1.54, 1.807) is 17.0 Å². The molecular weight excluding hydrogens is 292 g/mol. The summed E-state index contributed by atoms with van der Waals surface area (Å²) in [7, 11) is 0. The molecule has 0 aliphatic heterocycles. The highest BCUT2D eigenvalue weighted by Crippen LogP contribution is 2.37. The van der Waals surface area contributed by atoms with Crippen molar-refractivity contribution >= 4 is 11.8 Å². The van der Waals surface area contributed by atoms with Crippen LogP contribution in [-0.4, -0.2) is 34.9 Å². The summed E-state index contributed by atoms with van der Waals surface area (Å²) in [4.78, 5) is 25.9. The maximum Gasteiger partial charge on any atom is 0.224 e. The standard InChI is InChI=1S/C18H26N2O3/c1-3-10-20(12-14-6-4-5-7-16(14)21)17(22)8-9-19-18(23)15-11-13(15)2/h4-7,13,15,21H,3,8-12H2,1-2H3,(H,19,23). The van der Waals surface area contributed by atoms with Gasteiger partial charge in [0.05, 0.1) is 0 Å². The van der Waals surface area contributed by atoms with Crippen LogP contribution in [0.3, 0.4) is 0 Å². The van der Waals surface area contributed by atoms with Gasteiger partial charge in [0.2, 0.25) is 11.8 Å². The summed E-state index contributed by atoms with van der Waals surface area (Å²) in [5.74, 6) is 0.881. The molecule has 0 spiro atoms. The Morgan fingerprint density at radius 2 is 2.04 bits per heavy atom. The normalized spacial score (nSPS) is 19.2. The summed E-state index contributed by atoms with van der Waals surface area (Å²) in [5.41, 5.74) is 0.741. The molecule has 2 atom stereocenters. The lowest BCUT2D eigenvalue weighted by atomic mass is 10.1. The Morgan fingerprint density at radius 1 is 1.35 bits per heavy atom. The second kappa shape index (κ2) is 7.99. The van der Waals surface area contributed by atoms with Crippen LogP contribution in [-0.2, 0) is 16.1 Å². The molecule has 0 aromatic heterocycles. The van der Waals surface area contributed by atoms with E-state index in [2.05, 4.69) is 12.2 Å². The van der Waals surface area contributed by atoms with Crippen LogP contribution in [0.5, 0.6) is 5.75 Å². The molecule has 23 heavy (non-hydrogen) atoms. The molecule has 0 radical (unpaired) electrons. The Kier molecular flexibility index (Phi) is 6.02. The Labute approximate surface area is 137 Å². The SMILES string of the molecule is CCCN(Cc1ccccc1O)C(=O)CCNC(=O)C1CC1C. The summed E-state index contributed by atoms with van der Waals surface area (Å²) in [6.07, 6.45) is 2.10. The lowest BCUT2D eigenvalue weighted by Gasteiger charge is -2.23. The molecule has 1 aliphatic rings. The highest BCUT2D eigenvalue weighted by Gasteiger charge is 2.38. The van der Waals surface area contributed by atoms with Gasteiger partial charge in [-0.15, -0.1) is 0 Å². The second-order valence-electron chi connectivity index (χ2n) is 6.30. The van der Waals surface area contributed by atoms with Crippen LogP contribution in [0.2, 0.25) is 0 Å². The van der Waals surface area contributed by atoms with Crippen molar-refractivity contribution in [3.63, 3.8) is 0 Å². The van der Waals surface area contributed by atoms with E-state index in [1.165, 1.54) is 0 Å². The zero-order chi connectivity index (χ0) is 16.8. The molecule has 2 rings (SSSR count). The number of carbonyl (C=O) groups is 2. The first-order chi connectivity index (χ1) is 11.0. The first-order valence-electron chi connectivity index (χ1n) is 8.35. The minimum Gasteiger partial charge on any atom is -0.508 e. The number of aromatic hydroxyl groups is 1. The van der Waals surface area contributed by atoms with Crippen molar-refractivity contribution in [1.29, 1.82) is 0 Å². The van der Waals surface area contributed by atoms with Crippen LogP contribution in [0.25, 0.3) is 0 Å². The topological polar surface area (TPSA) is 69.6 Å². The maximum atomic E-state index is 12.4. The first-order valence-corrected chi connectivity index (χ1v) is 8.35.